The quantitative estimate of drug-likeness (QED) is 0.460. The monoisotopic (exact) mass is 126 g/mol. The summed E-state index contributed by atoms with van der Waals surface area (Å²) in [7, 11) is 0. The van der Waals surface area contributed by atoms with E-state index in [9.17, 15) is 4.79 Å². The molecule has 0 aromatic heterocycles. The fourth-order valence-electron chi connectivity index (χ4n) is 0.353. The molecule has 0 rings (SSSR count). The molecule has 0 radical (unpaired) electrons. The van der Waals surface area contributed by atoms with Crippen LogP contribution in [-0.2, 0) is 4.79 Å². The highest BCUT2D eigenvalue weighted by molar-refractivity contribution is 5.80. The highest BCUT2D eigenvalue weighted by Gasteiger charge is 1.78. The standard InChI is InChI=1S/C7H10O2/c1-2-3-4-5-6-7(8)9/h3-6H,2H2,1H3,(H,8,9)/b4-3+,6-5?. The Hall–Kier alpha value is -1.05. The Kier molecular flexibility index (Phi) is 4.50. The second kappa shape index (κ2) is 5.09. The first-order valence-electron chi connectivity index (χ1n) is 2.83. The van der Waals surface area contributed by atoms with Crippen LogP contribution in [0, 0.1) is 0 Å². The molecule has 0 bridgehead atoms. The van der Waals surface area contributed by atoms with Crippen LogP contribution in [0.5, 0.6) is 0 Å². The summed E-state index contributed by atoms with van der Waals surface area (Å²) in [6, 6.07) is 0. The van der Waals surface area contributed by atoms with Crippen LogP contribution in [0.3, 0.4) is 0 Å². The maximum atomic E-state index is 9.84. The van der Waals surface area contributed by atoms with Crippen LogP contribution < -0.4 is 0 Å². The Balaban J connectivity index is 3.47. The first-order chi connectivity index (χ1) is 4.27. The Morgan fingerprint density at radius 2 is 2.22 bits per heavy atom. The van der Waals surface area contributed by atoms with Crippen molar-refractivity contribution in [1.82, 2.24) is 0 Å². The number of hydrogen-bond donors (Lipinski definition) is 1. The van der Waals surface area contributed by atoms with Crippen molar-refractivity contribution in [3.8, 4) is 0 Å². The van der Waals surface area contributed by atoms with Gasteiger partial charge in [0.2, 0.25) is 0 Å². The van der Waals surface area contributed by atoms with Gasteiger partial charge in [0.25, 0.3) is 0 Å². The number of allylic oxidation sites excluding steroid dienone is 3. The van der Waals surface area contributed by atoms with Crippen LogP contribution in [0.15, 0.2) is 24.3 Å². The second-order valence-corrected chi connectivity index (χ2v) is 1.53. The lowest BCUT2D eigenvalue weighted by atomic mass is 10.4. The average Bonchev–Trinajstić information content (AvgIpc) is 1.80. The number of rotatable bonds is 3. The first kappa shape index (κ1) is 7.95. The van der Waals surface area contributed by atoms with Crippen LogP contribution in [0.1, 0.15) is 13.3 Å². The van der Waals surface area contributed by atoms with Gasteiger partial charge in [0, 0.05) is 6.08 Å². The molecule has 0 aromatic rings. The highest BCUT2D eigenvalue weighted by atomic mass is 16.4. The highest BCUT2D eigenvalue weighted by Crippen LogP contribution is 1.80. The van der Waals surface area contributed by atoms with Crippen LogP contribution in [0.2, 0.25) is 0 Å². The van der Waals surface area contributed by atoms with Gasteiger partial charge in [0.15, 0.2) is 0 Å². The predicted molar refractivity (Wildman–Crippen MR) is 36.2 cm³/mol. The molecule has 0 atom stereocenters. The number of carboxylic acids is 1. The topological polar surface area (TPSA) is 37.3 Å². The van der Waals surface area contributed by atoms with Gasteiger partial charge in [-0.25, -0.2) is 4.79 Å². The molecule has 2 heteroatoms. The summed E-state index contributed by atoms with van der Waals surface area (Å²) in [6.07, 6.45) is 7.15. The molecule has 0 aromatic carbocycles. The molecular formula is C7H10O2. The Labute approximate surface area is 54.5 Å². The molecule has 0 unspecified atom stereocenters. The third kappa shape index (κ3) is 6.95. The fourth-order valence-corrected chi connectivity index (χ4v) is 0.353. The van der Waals surface area contributed by atoms with E-state index in [0.29, 0.717) is 0 Å². The molecule has 0 saturated heterocycles. The molecule has 0 heterocycles. The lowest BCUT2D eigenvalue weighted by Crippen LogP contribution is -1.84. The van der Waals surface area contributed by atoms with Gasteiger partial charge < -0.3 is 5.11 Å². The summed E-state index contributed by atoms with van der Waals surface area (Å²) in [5.41, 5.74) is 0. The zero-order chi connectivity index (χ0) is 7.11. The minimum Gasteiger partial charge on any atom is -0.478 e. The Bertz CT molecular complexity index is 134. The maximum absolute atomic E-state index is 9.84. The molecule has 0 aliphatic rings. The van der Waals surface area contributed by atoms with Crippen molar-refractivity contribution in [3.05, 3.63) is 24.3 Å². The summed E-state index contributed by atoms with van der Waals surface area (Å²) in [4.78, 5) is 9.84. The second-order valence-electron chi connectivity index (χ2n) is 1.53. The molecule has 0 saturated carbocycles. The molecule has 50 valence electrons. The van der Waals surface area contributed by atoms with Crippen molar-refractivity contribution in [2.45, 2.75) is 13.3 Å². The van der Waals surface area contributed by atoms with E-state index in [2.05, 4.69) is 0 Å². The van der Waals surface area contributed by atoms with Gasteiger partial charge >= 0.3 is 5.97 Å². The van der Waals surface area contributed by atoms with E-state index in [0.717, 1.165) is 12.5 Å². The van der Waals surface area contributed by atoms with Crippen LogP contribution in [0.4, 0.5) is 0 Å². The van der Waals surface area contributed by atoms with Gasteiger partial charge in [-0.05, 0) is 6.42 Å². The van der Waals surface area contributed by atoms with E-state index in [4.69, 9.17) is 5.11 Å². The number of carbonyl (C=O) groups is 1. The van der Waals surface area contributed by atoms with Crippen LogP contribution in [-0.4, -0.2) is 11.1 Å². The summed E-state index contributed by atoms with van der Waals surface area (Å²) >= 11 is 0. The Morgan fingerprint density at radius 1 is 1.56 bits per heavy atom. The minimum absolute atomic E-state index is 0.907. The zero-order valence-electron chi connectivity index (χ0n) is 5.37. The minimum atomic E-state index is -0.907. The molecule has 0 spiro atoms. The predicted octanol–water partition coefficient (Wildman–Crippen LogP) is 1.59. The summed E-state index contributed by atoms with van der Waals surface area (Å²) in [5, 5.41) is 8.09. The fraction of sp³-hybridized carbons (Fsp3) is 0.286. The zero-order valence-corrected chi connectivity index (χ0v) is 5.37. The molecular weight excluding hydrogens is 116 g/mol. The normalized spacial score (nSPS) is 11.2. The first-order valence-corrected chi connectivity index (χ1v) is 2.83. The van der Waals surface area contributed by atoms with Gasteiger partial charge in [0.1, 0.15) is 0 Å². The van der Waals surface area contributed by atoms with Crippen molar-refractivity contribution < 1.29 is 9.90 Å². The largest absolute Gasteiger partial charge is 0.478 e. The van der Waals surface area contributed by atoms with E-state index >= 15 is 0 Å². The summed E-state index contributed by atoms with van der Waals surface area (Å²) < 4.78 is 0. The van der Waals surface area contributed by atoms with Gasteiger partial charge in [-0.3, -0.25) is 0 Å². The third-order valence-corrected chi connectivity index (χ3v) is 0.722. The number of carboxylic acid groups (broad SMARTS) is 1. The van der Waals surface area contributed by atoms with Crippen LogP contribution in [0.25, 0.3) is 0 Å². The lowest BCUT2D eigenvalue weighted by molar-refractivity contribution is -0.131. The molecule has 9 heavy (non-hydrogen) atoms. The van der Waals surface area contributed by atoms with E-state index in [-0.39, 0.29) is 0 Å². The third-order valence-electron chi connectivity index (χ3n) is 0.722. The molecule has 0 amide bonds. The maximum Gasteiger partial charge on any atom is 0.328 e. The molecule has 0 aliphatic heterocycles. The van der Waals surface area contributed by atoms with Gasteiger partial charge in [0.05, 0.1) is 0 Å². The van der Waals surface area contributed by atoms with Crippen molar-refractivity contribution in [3.63, 3.8) is 0 Å². The van der Waals surface area contributed by atoms with Gasteiger partial charge in [-0.2, -0.15) is 0 Å². The lowest BCUT2D eigenvalue weighted by Gasteiger charge is -1.74. The van der Waals surface area contributed by atoms with Crippen molar-refractivity contribution in [2.24, 2.45) is 0 Å². The van der Waals surface area contributed by atoms with E-state index in [1.807, 2.05) is 13.0 Å². The molecule has 2 nitrogen and oxygen atoms in total. The summed E-state index contributed by atoms with van der Waals surface area (Å²) in [6.45, 7) is 1.99. The molecule has 0 fully saturated rings. The smallest absolute Gasteiger partial charge is 0.328 e. The number of hydrogen-bond acceptors (Lipinski definition) is 1. The van der Waals surface area contributed by atoms with E-state index in [1.54, 1.807) is 6.08 Å². The van der Waals surface area contributed by atoms with Crippen molar-refractivity contribution in [1.29, 1.82) is 0 Å². The van der Waals surface area contributed by atoms with Crippen molar-refractivity contribution in [2.75, 3.05) is 0 Å². The average molecular weight is 126 g/mol. The van der Waals surface area contributed by atoms with Crippen LogP contribution >= 0.6 is 0 Å². The van der Waals surface area contributed by atoms with E-state index < -0.39 is 5.97 Å². The number of aliphatic carboxylic acids is 1. The van der Waals surface area contributed by atoms with E-state index in [1.165, 1.54) is 6.08 Å². The van der Waals surface area contributed by atoms with Crippen molar-refractivity contribution >= 4 is 5.97 Å². The SMILES string of the molecule is CC/C=C/C=CC(=O)O. The molecule has 0 aliphatic carbocycles. The van der Waals surface area contributed by atoms with Gasteiger partial charge in [-0.1, -0.05) is 25.2 Å². The summed E-state index contributed by atoms with van der Waals surface area (Å²) in [5.74, 6) is -0.907. The van der Waals surface area contributed by atoms with Gasteiger partial charge in [-0.15, -0.1) is 0 Å². The molecule has 1 N–H and O–H groups in total. The Morgan fingerprint density at radius 3 is 2.67 bits per heavy atom.